The molecule has 5 heteroatoms. The maximum absolute atomic E-state index is 10.0. The minimum absolute atomic E-state index is 0.344. The van der Waals surface area contributed by atoms with E-state index in [1.165, 1.54) is 0 Å². The Morgan fingerprint density at radius 2 is 2.18 bits per heavy atom. The molecule has 4 nitrogen and oxygen atoms in total. The molecular weight excluding hydrogens is 238 g/mol. The highest BCUT2D eigenvalue weighted by atomic mass is 35.5. The number of hydrogen-bond acceptors (Lipinski definition) is 4. The number of hydrogen-bond donors (Lipinski definition) is 2. The van der Waals surface area contributed by atoms with Crippen LogP contribution in [-0.4, -0.2) is 15.1 Å². The van der Waals surface area contributed by atoms with Crippen molar-refractivity contribution in [2.75, 3.05) is 5.73 Å². The summed E-state index contributed by atoms with van der Waals surface area (Å²) in [6.45, 7) is 0. The molecule has 1 atom stereocenters. The Labute approximate surface area is 104 Å². The summed E-state index contributed by atoms with van der Waals surface area (Å²) in [5.41, 5.74) is 7.62. The van der Waals surface area contributed by atoms with Crippen LogP contribution in [0.15, 0.2) is 36.8 Å². The summed E-state index contributed by atoms with van der Waals surface area (Å²) in [6.07, 6.45) is 4.40. The van der Waals surface area contributed by atoms with E-state index in [1.807, 2.05) is 0 Å². The molecule has 0 aliphatic heterocycles. The molecule has 0 radical (unpaired) electrons. The molecule has 0 aliphatic carbocycles. The van der Waals surface area contributed by atoms with Crippen molar-refractivity contribution in [3.63, 3.8) is 0 Å². The van der Waals surface area contributed by atoms with Gasteiger partial charge in [-0.3, -0.25) is 9.97 Å². The van der Waals surface area contributed by atoms with E-state index in [0.29, 0.717) is 22.8 Å². The highest BCUT2D eigenvalue weighted by Gasteiger charge is 2.14. The van der Waals surface area contributed by atoms with Gasteiger partial charge in [-0.1, -0.05) is 11.6 Å². The van der Waals surface area contributed by atoms with Gasteiger partial charge >= 0.3 is 0 Å². The van der Waals surface area contributed by atoms with Gasteiger partial charge in [0, 0.05) is 30.7 Å². The summed E-state index contributed by atoms with van der Waals surface area (Å²) in [5, 5.41) is 10.5. The number of nitrogens with zero attached hydrogens (tertiary/aromatic N) is 2. The molecule has 0 amide bonds. The molecule has 2 aromatic heterocycles. The van der Waals surface area contributed by atoms with Gasteiger partial charge in [-0.2, -0.15) is 0 Å². The lowest BCUT2D eigenvalue weighted by atomic mass is 10.1. The van der Waals surface area contributed by atoms with Crippen molar-refractivity contribution in [3.8, 4) is 0 Å². The lowest BCUT2D eigenvalue weighted by Crippen LogP contribution is -2.07. The zero-order valence-corrected chi connectivity index (χ0v) is 9.80. The van der Waals surface area contributed by atoms with Gasteiger partial charge in [-0.25, -0.2) is 0 Å². The van der Waals surface area contributed by atoms with Gasteiger partial charge in [0.2, 0.25) is 0 Å². The van der Waals surface area contributed by atoms with Gasteiger partial charge in [0.05, 0.1) is 10.7 Å². The zero-order valence-electron chi connectivity index (χ0n) is 9.05. The van der Waals surface area contributed by atoms with E-state index in [0.717, 1.165) is 5.56 Å². The third kappa shape index (κ3) is 2.72. The molecule has 88 valence electrons. The van der Waals surface area contributed by atoms with E-state index in [1.54, 1.807) is 36.8 Å². The van der Waals surface area contributed by atoms with Crippen LogP contribution in [0, 0.1) is 0 Å². The number of rotatable bonds is 3. The van der Waals surface area contributed by atoms with E-state index < -0.39 is 6.10 Å². The van der Waals surface area contributed by atoms with Crippen molar-refractivity contribution in [3.05, 3.63) is 53.1 Å². The molecule has 0 aromatic carbocycles. The number of anilines is 1. The van der Waals surface area contributed by atoms with Crippen LogP contribution in [0.2, 0.25) is 5.02 Å². The molecule has 2 aromatic rings. The van der Waals surface area contributed by atoms with E-state index in [-0.39, 0.29) is 0 Å². The van der Waals surface area contributed by atoms with Crippen molar-refractivity contribution in [1.29, 1.82) is 0 Å². The Balaban J connectivity index is 2.20. The van der Waals surface area contributed by atoms with Gasteiger partial charge in [-0.05, 0) is 23.8 Å². The van der Waals surface area contributed by atoms with E-state index in [4.69, 9.17) is 17.3 Å². The van der Waals surface area contributed by atoms with Crippen molar-refractivity contribution in [2.24, 2.45) is 0 Å². The number of aliphatic hydroxyl groups is 1. The molecule has 0 aliphatic rings. The lowest BCUT2D eigenvalue weighted by molar-refractivity contribution is 0.174. The first-order valence-electron chi connectivity index (χ1n) is 5.15. The molecule has 17 heavy (non-hydrogen) atoms. The molecule has 0 fully saturated rings. The molecular formula is C12H12ClN3O. The molecule has 0 spiro atoms. The fourth-order valence-corrected chi connectivity index (χ4v) is 1.80. The number of nitrogen functional groups attached to an aromatic ring is 1. The quantitative estimate of drug-likeness (QED) is 0.873. The van der Waals surface area contributed by atoms with Crippen molar-refractivity contribution in [2.45, 2.75) is 12.5 Å². The van der Waals surface area contributed by atoms with Gasteiger partial charge in [0.25, 0.3) is 0 Å². The van der Waals surface area contributed by atoms with Crippen molar-refractivity contribution in [1.82, 2.24) is 9.97 Å². The predicted octanol–water partition coefficient (Wildman–Crippen LogP) is 1.99. The first kappa shape index (κ1) is 11.8. The average Bonchev–Trinajstić information content (AvgIpc) is 2.32. The third-order valence-electron chi connectivity index (χ3n) is 2.46. The summed E-state index contributed by atoms with van der Waals surface area (Å²) < 4.78 is 0. The number of aliphatic hydroxyl groups excluding tert-OH is 1. The Bertz CT molecular complexity index is 519. The van der Waals surface area contributed by atoms with Crippen LogP contribution in [0.25, 0.3) is 0 Å². The minimum atomic E-state index is -0.782. The second kappa shape index (κ2) is 5.12. The minimum Gasteiger partial charge on any atom is -0.398 e. The van der Waals surface area contributed by atoms with Crippen LogP contribution in [0.3, 0.4) is 0 Å². The molecule has 1 unspecified atom stereocenters. The molecule has 2 rings (SSSR count). The predicted molar refractivity (Wildman–Crippen MR) is 66.6 cm³/mol. The highest BCUT2D eigenvalue weighted by molar-refractivity contribution is 6.31. The van der Waals surface area contributed by atoms with Crippen LogP contribution >= 0.6 is 11.6 Å². The molecule has 0 bridgehead atoms. The smallest absolute Gasteiger partial charge is 0.102 e. The topological polar surface area (TPSA) is 72.0 Å². The van der Waals surface area contributed by atoms with Gasteiger partial charge in [-0.15, -0.1) is 0 Å². The summed E-state index contributed by atoms with van der Waals surface area (Å²) in [6, 6.07) is 5.11. The Morgan fingerprint density at radius 1 is 1.35 bits per heavy atom. The SMILES string of the molecule is Nc1ccncc1CC(O)c1ncccc1Cl. The van der Waals surface area contributed by atoms with Crippen molar-refractivity contribution >= 4 is 17.3 Å². The number of nitrogens with two attached hydrogens (primary N) is 1. The Kier molecular flexibility index (Phi) is 3.56. The average molecular weight is 250 g/mol. The summed E-state index contributed by atoms with van der Waals surface area (Å²) in [7, 11) is 0. The second-order valence-electron chi connectivity index (χ2n) is 3.66. The lowest BCUT2D eigenvalue weighted by Gasteiger charge is -2.12. The molecule has 2 heterocycles. The van der Waals surface area contributed by atoms with E-state index in [9.17, 15) is 5.11 Å². The van der Waals surface area contributed by atoms with Crippen LogP contribution < -0.4 is 5.73 Å². The van der Waals surface area contributed by atoms with Gasteiger partial charge in [0.1, 0.15) is 6.10 Å². The first-order valence-corrected chi connectivity index (χ1v) is 5.53. The van der Waals surface area contributed by atoms with Crippen LogP contribution in [0.4, 0.5) is 5.69 Å². The Morgan fingerprint density at radius 3 is 2.88 bits per heavy atom. The van der Waals surface area contributed by atoms with Crippen molar-refractivity contribution < 1.29 is 5.11 Å². The zero-order chi connectivity index (χ0) is 12.3. The van der Waals surface area contributed by atoms with E-state index >= 15 is 0 Å². The maximum Gasteiger partial charge on any atom is 0.102 e. The standard InChI is InChI=1S/C12H12ClN3O/c13-9-2-1-4-16-12(9)11(17)6-8-7-15-5-3-10(8)14/h1-5,7,11,17H,6H2,(H2,14,15). The fourth-order valence-electron chi connectivity index (χ4n) is 1.56. The van der Waals surface area contributed by atoms with Gasteiger partial charge in [0.15, 0.2) is 0 Å². The largest absolute Gasteiger partial charge is 0.398 e. The maximum atomic E-state index is 10.0. The second-order valence-corrected chi connectivity index (χ2v) is 4.07. The highest BCUT2D eigenvalue weighted by Crippen LogP contribution is 2.24. The Hall–Kier alpha value is -1.65. The molecule has 3 N–H and O–H groups in total. The number of aromatic nitrogens is 2. The number of pyridine rings is 2. The first-order chi connectivity index (χ1) is 8.18. The van der Waals surface area contributed by atoms with E-state index in [2.05, 4.69) is 9.97 Å². The monoisotopic (exact) mass is 249 g/mol. The normalized spacial score (nSPS) is 12.4. The molecule has 0 saturated heterocycles. The third-order valence-corrected chi connectivity index (χ3v) is 2.78. The summed E-state index contributed by atoms with van der Waals surface area (Å²) >= 11 is 5.96. The summed E-state index contributed by atoms with van der Waals surface area (Å²) in [4.78, 5) is 8.03. The van der Waals surface area contributed by atoms with Crippen LogP contribution in [-0.2, 0) is 6.42 Å². The summed E-state index contributed by atoms with van der Waals surface area (Å²) in [5.74, 6) is 0. The molecule has 0 saturated carbocycles. The van der Waals surface area contributed by atoms with Gasteiger partial charge < -0.3 is 10.8 Å². The van der Waals surface area contributed by atoms with Crippen LogP contribution in [0.1, 0.15) is 17.4 Å². The number of halogens is 1. The van der Waals surface area contributed by atoms with Crippen LogP contribution in [0.5, 0.6) is 0 Å². The fraction of sp³-hybridized carbons (Fsp3) is 0.167.